The summed E-state index contributed by atoms with van der Waals surface area (Å²) >= 11 is 0. The van der Waals surface area contributed by atoms with Crippen LogP contribution in [-0.4, -0.2) is 0 Å². The van der Waals surface area contributed by atoms with Crippen molar-refractivity contribution < 1.29 is 0 Å². The van der Waals surface area contributed by atoms with Gasteiger partial charge in [-0.25, -0.2) is 0 Å². The van der Waals surface area contributed by atoms with Crippen LogP contribution in [0.1, 0.15) is 76.7 Å². The third-order valence-corrected chi connectivity index (χ3v) is 2.67. The summed E-state index contributed by atoms with van der Waals surface area (Å²) < 4.78 is 0. The number of benzene rings is 4. The van der Waals surface area contributed by atoms with Gasteiger partial charge in [0.05, 0.1) is 0 Å². The lowest BCUT2D eigenvalue weighted by Crippen LogP contribution is -1.47. The fraction of sp³-hybridized carbons (Fsp3) is 0.314. The average Bonchev–Trinajstić information content (AvgIpc) is 3.03. The van der Waals surface area contributed by atoms with Gasteiger partial charge in [0.25, 0.3) is 0 Å². The summed E-state index contributed by atoms with van der Waals surface area (Å²) in [5.74, 6) is 0. The lowest BCUT2D eigenvalue weighted by molar-refractivity contribution is 1.50. The molecule has 4 aromatic rings. The third kappa shape index (κ3) is 59.1. The Labute approximate surface area is 222 Å². The lowest BCUT2D eigenvalue weighted by Gasteiger charge is -1.69. The highest BCUT2D eigenvalue weighted by molar-refractivity contribution is 5.00. The summed E-state index contributed by atoms with van der Waals surface area (Å²) in [5, 5.41) is 0. The fourth-order valence-corrected chi connectivity index (χ4v) is 1.54. The first-order valence-corrected chi connectivity index (χ1v) is 13.0. The smallest absolute Gasteiger partial charge is 0.0623 e. The van der Waals surface area contributed by atoms with Gasteiger partial charge < -0.3 is 0 Å². The highest BCUT2D eigenvalue weighted by Gasteiger charge is 1.59. The quantitative estimate of drug-likeness (QED) is 0.236. The molecule has 35 heavy (non-hydrogen) atoms. The Hall–Kier alpha value is -3.12. The SMILES string of the molecule is C.CC.CC.CC.CC.CC.c1ccccc1.c1ccccc1.c1ccccc1.c1ccccc1. The second-order valence-electron chi connectivity index (χ2n) is 4.62. The van der Waals surface area contributed by atoms with E-state index < -0.39 is 0 Å². The molecule has 198 valence electrons. The molecular weight excluding hydrogens is 420 g/mol. The maximum absolute atomic E-state index is 2.00. The molecule has 0 aliphatic heterocycles. The average molecular weight is 479 g/mol. The third-order valence-electron chi connectivity index (χ3n) is 2.67. The van der Waals surface area contributed by atoms with Crippen LogP contribution >= 0.6 is 0 Å². The molecule has 0 N–H and O–H groups in total. The second-order valence-corrected chi connectivity index (χ2v) is 4.62. The Balaban J connectivity index is -0.0000000710. The van der Waals surface area contributed by atoms with Crippen molar-refractivity contribution >= 4 is 0 Å². The Kier molecular flexibility index (Phi) is 82.0. The minimum Gasteiger partial charge on any atom is -0.0776 e. The summed E-state index contributed by atoms with van der Waals surface area (Å²) in [5.41, 5.74) is 0. The van der Waals surface area contributed by atoms with Crippen LogP contribution in [0.3, 0.4) is 0 Å². The predicted molar refractivity (Wildman–Crippen MR) is 169 cm³/mol. The molecule has 0 saturated carbocycles. The van der Waals surface area contributed by atoms with Crippen molar-refractivity contribution in [1.29, 1.82) is 0 Å². The van der Waals surface area contributed by atoms with Crippen molar-refractivity contribution in [3.05, 3.63) is 146 Å². The minimum atomic E-state index is 0. The van der Waals surface area contributed by atoms with E-state index in [4.69, 9.17) is 0 Å². The van der Waals surface area contributed by atoms with Crippen LogP contribution in [0, 0.1) is 0 Å². The minimum absolute atomic E-state index is 0. The summed E-state index contributed by atoms with van der Waals surface area (Å²) in [6.07, 6.45) is 0. The molecule has 0 heteroatoms. The van der Waals surface area contributed by atoms with Gasteiger partial charge >= 0.3 is 0 Å². The molecule has 4 aromatic carbocycles. The van der Waals surface area contributed by atoms with Gasteiger partial charge in [-0.05, 0) is 0 Å². The molecule has 0 atom stereocenters. The van der Waals surface area contributed by atoms with Crippen LogP contribution < -0.4 is 0 Å². The molecular formula is C35H58. The monoisotopic (exact) mass is 478 g/mol. The van der Waals surface area contributed by atoms with Crippen molar-refractivity contribution in [3.63, 3.8) is 0 Å². The van der Waals surface area contributed by atoms with E-state index in [0.717, 1.165) is 0 Å². The molecule has 0 heterocycles. The molecule has 4 rings (SSSR count). The highest BCUT2D eigenvalue weighted by atomic mass is 13.7. The summed E-state index contributed by atoms with van der Waals surface area (Å²) in [4.78, 5) is 0. The van der Waals surface area contributed by atoms with Gasteiger partial charge in [-0.2, -0.15) is 0 Å². The number of rotatable bonds is 0. The van der Waals surface area contributed by atoms with Crippen LogP contribution in [0.5, 0.6) is 0 Å². The Bertz CT molecular complexity index is 414. The van der Waals surface area contributed by atoms with Gasteiger partial charge in [0.1, 0.15) is 0 Å². The van der Waals surface area contributed by atoms with E-state index in [1.165, 1.54) is 0 Å². The molecule has 0 aliphatic carbocycles. The zero-order valence-electron chi connectivity index (χ0n) is 23.9. The van der Waals surface area contributed by atoms with Gasteiger partial charge in [0.2, 0.25) is 0 Å². The molecule has 0 nitrogen and oxygen atoms in total. The molecule has 0 unspecified atom stereocenters. The Morgan fingerprint density at radius 3 is 0.200 bits per heavy atom. The van der Waals surface area contributed by atoms with Gasteiger partial charge in [-0.1, -0.05) is 222 Å². The zero-order chi connectivity index (χ0) is 27.0. The van der Waals surface area contributed by atoms with Crippen molar-refractivity contribution in [2.45, 2.75) is 76.7 Å². The van der Waals surface area contributed by atoms with Crippen LogP contribution in [0.4, 0.5) is 0 Å². The first-order valence-electron chi connectivity index (χ1n) is 13.0. The Morgan fingerprint density at radius 1 is 0.143 bits per heavy atom. The first-order chi connectivity index (χ1) is 17.0. The molecule has 0 spiro atoms. The van der Waals surface area contributed by atoms with Crippen LogP contribution in [-0.2, 0) is 0 Å². The van der Waals surface area contributed by atoms with Gasteiger partial charge in [-0.15, -0.1) is 0 Å². The van der Waals surface area contributed by atoms with E-state index in [9.17, 15) is 0 Å². The van der Waals surface area contributed by atoms with E-state index >= 15 is 0 Å². The summed E-state index contributed by atoms with van der Waals surface area (Å²) in [6.45, 7) is 20.0. The molecule has 0 amide bonds. The van der Waals surface area contributed by atoms with Crippen molar-refractivity contribution in [3.8, 4) is 0 Å². The van der Waals surface area contributed by atoms with Crippen molar-refractivity contribution in [2.24, 2.45) is 0 Å². The largest absolute Gasteiger partial charge is 0.0776 e. The van der Waals surface area contributed by atoms with Crippen LogP contribution in [0.15, 0.2) is 146 Å². The van der Waals surface area contributed by atoms with Crippen molar-refractivity contribution in [1.82, 2.24) is 0 Å². The summed E-state index contributed by atoms with van der Waals surface area (Å²) in [7, 11) is 0. The normalized spacial score (nSPS) is 6.34. The molecule has 0 fully saturated rings. The number of hydrogen-bond acceptors (Lipinski definition) is 0. The molecule has 0 aromatic heterocycles. The van der Waals surface area contributed by atoms with Gasteiger partial charge in [-0.3, -0.25) is 0 Å². The van der Waals surface area contributed by atoms with E-state index in [2.05, 4.69) is 0 Å². The lowest BCUT2D eigenvalue weighted by atomic mass is 10.4. The number of hydrogen-bond donors (Lipinski definition) is 0. The predicted octanol–water partition coefficient (Wildman–Crippen LogP) is 12.5. The van der Waals surface area contributed by atoms with E-state index in [0.29, 0.717) is 0 Å². The van der Waals surface area contributed by atoms with E-state index in [-0.39, 0.29) is 7.43 Å². The fourth-order valence-electron chi connectivity index (χ4n) is 1.54. The highest BCUT2D eigenvalue weighted by Crippen LogP contribution is 1.81. The molecule has 0 saturated heterocycles. The first kappa shape index (κ1) is 45.4. The molecule has 0 radical (unpaired) electrons. The molecule has 0 bridgehead atoms. The maximum Gasteiger partial charge on any atom is -0.0623 e. The van der Waals surface area contributed by atoms with E-state index in [1.807, 2.05) is 215 Å². The summed E-state index contributed by atoms with van der Waals surface area (Å²) in [6, 6.07) is 48.0. The second kappa shape index (κ2) is 63.2. The standard InChI is InChI=1S/4C6H6.5C2H6.CH4/c4*1-2-4-6-5-3-1;5*1-2;/h4*1-6H;5*1-2H3;1H4. The van der Waals surface area contributed by atoms with Gasteiger partial charge in [0, 0.05) is 0 Å². The molecule has 0 aliphatic rings. The Morgan fingerprint density at radius 2 is 0.171 bits per heavy atom. The zero-order valence-corrected chi connectivity index (χ0v) is 23.9. The topological polar surface area (TPSA) is 0 Å². The van der Waals surface area contributed by atoms with Crippen molar-refractivity contribution in [2.75, 3.05) is 0 Å². The van der Waals surface area contributed by atoms with E-state index in [1.54, 1.807) is 0 Å². The van der Waals surface area contributed by atoms with Crippen LogP contribution in [0.2, 0.25) is 0 Å². The van der Waals surface area contributed by atoms with Crippen LogP contribution in [0.25, 0.3) is 0 Å². The maximum atomic E-state index is 2.00. The van der Waals surface area contributed by atoms with Gasteiger partial charge in [0.15, 0.2) is 0 Å².